The van der Waals surface area contributed by atoms with E-state index in [9.17, 15) is 4.79 Å². The molecule has 2 rings (SSSR count). The highest BCUT2D eigenvalue weighted by Gasteiger charge is 2.23. The first kappa shape index (κ1) is 10.3. The van der Waals surface area contributed by atoms with Gasteiger partial charge in [-0.05, 0) is 6.07 Å². The van der Waals surface area contributed by atoms with E-state index in [1.54, 1.807) is 0 Å². The first-order chi connectivity index (χ1) is 7.27. The lowest BCUT2D eigenvalue weighted by atomic mass is 10.1. The van der Waals surface area contributed by atoms with Gasteiger partial charge >= 0.3 is 0 Å². The van der Waals surface area contributed by atoms with Gasteiger partial charge < -0.3 is 14.6 Å². The molecule has 80 valence electrons. The van der Waals surface area contributed by atoms with Gasteiger partial charge in [-0.3, -0.25) is 4.79 Å². The van der Waals surface area contributed by atoms with E-state index in [-0.39, 0.29) is 13.4 Å². The number of benzene rings is 1. The lowest BCUT2D eigenvalue weighted by Crippen LogP contribution is -1.97. The fraction of sp³-hybridized carbons (Fsp3) is 0.300. The van der Waals surface area contributed by atoms with Crippen LogP contribution in [-0.4, -0.2) is 24.8 Å². The van der Waals surface area contributed by atoms with Gasteiger partial charge in [-0.2, -0.15) is 0 Å². The number of aliphatic hydroxyl groups is 1. The number of rotatable bonds is 3. The van der Waals surface area contributed by atoms with E-state index in [0.717, 1.165) is 0 Å². The Bertz CT molecular complexity index is 403. The molecule has 5 heteroatoms. The number of fused-ring (bicyclic) bond motifs is 1. The lowest BCUT2D eigenvalue weighted by molar-refractivity contribution is 0.111. The predicted octanol–water partition coefficient (Wildman–Crippen LogP) is 1.42. The van der Waals surface area contributed by atoms with Gasteiger partial charge in [0.05, 0.1) is 5.56 Å². The normalized spacial score (nSPS) is 12.9. The molecule has 0 saturated heterocycles. The van der Waals surface area contributed by atoms with Crippen LogP contribution in [0, 0.1) is 0 Å². The van der Waals surface area contributed by atoms with Gasteiger partial charge in [-0.25, -0.2) is 0 Å². The van der Waals surface area contributed by atoms with Crippen molar-refractivity contribution in [2.24, 2.45) is 0 Å². The smallest absolute Gasteiger partial charge is 0.231 e. The average Bonchev–Trinajstić information content (AvgIpc) is 2.70. The van der Waals surface area contributed by atoms with Gasteiger partial charge in [0.15, 0.2) is 17.8 Å². The molecule has 0 aromatic heterocycles. The minimum Gasteiger partial charge on any atom is -0.453 e. The fourth-order valence-corrected chi connectivity index (χ4v) is 1.84. The maximum atomic E-state index is 10.7. The first-order valence-corrected chi connectivity index (χ1v) is 4.82. The molecule has 0 unspecified atom stereocenters. The molecule has 0 fully saturated rings. The summed E-state index contributed by atoms with van der Waals surface area (Å²) in [5.41, 5.74) is 1.05. The summed E-state index contributed by atoms with van der Waals surface area (Å²) in [6.45, 7) is 0.0465. The molecule has 0 saturated carbocycles. The molecule has 0 spiro atoms. The highest BCUT2D eigenvalue weighted by atomic mass is 35.5. The third kappa shape index (κ3) is 1.66. The van der Waals surface area contributed by atoms with Crippen LogP contribution < -0.4 is 9.47 Å². The lowest BCUT2D eigenvalue weighted by Gasteiger charge is -2.08. The molecule has 15 heavy (non-hydrogen) atoms. The monoisotopic (exact) mass is 228 g/mol. The number of hydrogen-bond acceptors (Lipinski definition) is 4. The van der Waals surface area contributed by atoms with Crippen molar-refractivity contribution in [2.45, 2.75) is 6.42 Å². The SMILES string of the molecule is O=Cc1cc(Cl)c(CCO)c2c1OCO2. The van der Waals surface area contributed by atoms with Gasteiger partial charge in [0.2, 0.25) is 6.79 Å². The van der Waals surface area contributed by atoms with Crippen molar-refractivity contribution < 1.29 is 19.4 Å². The highest BCUT2D eigenvalue weighted by molar-refractivity contribution is 6.32. The maximum Gasteiger partial charge on any atom is 0.231 e. The summed E-state index contributed by atoms with van der Waals surface area (Å²) in [5.74, 6) is 0.886. The van der Waals surface area contributed by atoms with Crippen molar-refractivity contribution in [1.29, 1.82) is 0 Å². The zero-order valence-corrected chi connectivity index (χ0v) is 8.58. The van der Waals surface area contributed by atoms with E-state index in [1.165, 1.54) is 6.07 Å². The molecule has 0 aliphatic carbocycles. The first-order valence-electron chi connectivity index (χ1n) is 4.45. The quantitative estimate of drug-likeness (QED) is 0.795. The van der Waals surface area contributed by atoms with Crippen molar-refractivity contribution in [3.8, 4) is 11.5 Å². The standard InChI is InChI=1S/C10H9ClO4/c11-8-3-6(4-13)9-10(15-5-14-9)7(8)1-2-12/h3-4,12H,1-2,5H2. The van der Waals surface area contributed by atoms with Crippen molar-refractivity contribution in [1.82, 2.24) is 0 Å². The Morgan fingerprint density at radius 2 is 2.20 bits per heavy atom. The Hall–Kier alpha value is -1.26. The molecule has 0 amide bonds. The van der Waals surface area contributed by atoms with E-state index in [4.69, 9.17) is 26.2 Å². The van der Waals surface area contributed by atoms with E-state index in [1.807, 2.05) is 0 Å². The second kappa shape index (κ2) is 4.08. The van der Waals surface area contributed by atoms with E-state index >= 15 is 0 Å². The molecule has 0 bridgehead atoms. The number of ether oxygens (including phenoxy) is 2. The zero-order chi connectivity index (χ0) is 10.8. The minimum absolute atomic E-state index is 0.0318. The number of aliphatic hydroxyl groups excluding tert-OH is 1. The van der Waals surface area contributed by atoms with Crippen LogP contribution >= 0.6 is 11.6 Å². The molecule has 1 aromatic carbocycles. The van der Waals surface area contributed by atoms with Gasteiger partial charge in [-0.15, -0.1) is 0 Å². The van der Waals surface area contributed by atoms with Crippen LogP contribution in [0.25, 0.3) is 0 Å². The third-order valence-electron chi connectivity index (χ3n) is 2.21. The Labute approximate surface area is 91.4 Å². The molecular weight excluding hydrogens is 220 g/mol. The molecule has 1 aliphatic rings. The van der Waals surface area contributed by atoms with Crippen LogP contribution in [0.3, 0.4) is 0 Å². The molecule has 4 nitrogen and oxygen atoms in total. The number of aldehydes is 1. The molecule has 0 atom stereocenters. The van der Waals surface area contributed by atoms with E-state index in [0.29, 0.717) is 40.4 Å². The molecular formula is C10H9ClO4. The molecule has 1 N–H and O–H groups in total. The number of hydrogen-bond donors (Lipinski definition) is 1. The van der Waals surface area contributed by atoms with Gasteiger partial charge in [0.25, 0.3) is 0 Å². The van der Waals surface area contributed by atoms with Crippen LogP contribution in [-0.2, 0) is 6.42 Å². The van der Waals surface area contributed by atoms with Crippen molar-refractivity contribution in [2.75, 3.05) is 13.4 Å². The summed E-state index contributed by atoms with van der Waals surface area (Å²) in [5, 5.41) is 9.29. The molecule has 1 aliphatic heterocycles. The topological polar surface area (TPSA) is 55.8 Å². The summed E-state index contributed by atoms with van der Waals surface area (Å²) in [6, 6.07) is 1.52. The largest absolute Gasteiger partial charge is 0.453 e. The van der Waals surface area contributed by atoms with Crippen molar-refractivity contribution in [3.63, 3.8) is 0 Å². The van der Waals surface area contributed by atoms with Crippen molar-refractivity contribution in [3.05, 3.63) is 22.2 Å². The van der Waals surface area contributed by atoms with E-state index in [2.05, 4.69) is 0 Å². The minimum atomic E-state index is -0.0318. The summed E-state index contributed by atoms with van der Waals surface area (Å²) >= 11 is 5.97. The Kier molecular flexibility index (Phi) is 2.79. The van der Waals surface area contributed by atoms with Crippen LogP contribution in [0.1, 0.15) is 15.9 Å². The Morgan fingerprint density at radius 1 is 1.47 bits per heavy atom. The fourth-order valence-electron chi connectivity index (χ4n) is 1.55. The Morgan fingerprint density at radius 3 is 2.87 bits per heavy atom. The van der Waals surface area contributed by atoms with Gasteiger partial charge in [-0.1, -0.05) is 11.6 Å². The second-order valence-electron chi connectivity index (χ2n) is 3.08. The van der Waals surface area contributed by atoms with Crippen molar-refractivity contribution >= 4 is 17.9 Å². The summed E-state index contributed by atoms with van der Waals surface area (Å²) in [6.07, 6.45) is 1.05. The van der Waals surface area contributed by atoms with Crippen LogP contribution in [0.15, 0.2) is 6.07 Å². The molecule has 1 aromatic rings. The number of halogens is 1. The molecule has 1 heterocycles. The molecule has 0 radical (unpaired) electrons. The third-order valence-corrected chi connectivity index (χ3v) is 2.55. The second-order valence-corrected chi connectivity index (χ2v) is 3.49. The van der Waals surface area contributed by atoms with Crippen LogP contribution in [0.2, 0.25) is 5.02 Å². The predicted molar refractivity (Wildman–Crippen MR) is 53.8 cm³/mol. The summed E-state index contributed by atoms with van der Waals surface area (Å²) in [7, 11) is 0. The average molecular weight is 229 g/mol. The zero-order valence-electron chi connectivity index (χ0n) is 7.83. The van der Waals surface area contributed by atoms with Gasteiger partial charge in [0, 0.05) is 23.6 Å². The maximum absolute atomic E-state index is 10.7. The number of carbonyl (C=O) groups is 1. The van der Waals surface area contributed by atoms with Crippen LogP contribution in [0.4, 0.5) is 0 Å². The highest BCUT2D eigenvalue weighted by Crippen LogP contribution is 2.42. The van der Waals surface area contributed by atoms with Crippen LogP contribution in [0.5, 0.6) is 11.5 Å². The van der Waals surface area contributed by atoms with E-state index < -0.39 is 0 Å². The summed E-state index contributed by atoms with van der Waals surface area (Å²) in [4.78, 5) is 10.7. The summed E-state index contributed by atoms with van der Waals surface area (Å²) < 4.78 is 10.4. The number of carbonyl (C=O) groups excluding carboxylic acids is 1. The Balaban J connectivity index is 2.57. The van der Waals surface area contributed by atoms with Gasteiger partial charge in [0.1, 0.15) is 0 Å².